The van der Waals surface area contributed by atoms with E-state index in [4.69, 9.17) is 9.47 Å². The maximum Gasteiger partial charge on any atom is 0.168 e. The summed E-state index contributed by atoms with van der Waals surface area (Å²) in [5, 5.41) is 3.65. The molecule has 1 saturated heterocycles. The van der Waals surface area contributed by atoms with Gasteiger partial charge in [0.1, 0.15) is 0 Å². The molecule has 1 saturated carbocycles. The van der Waals surface area contributed by atoms with Gasteiger partial charge in [0.25, 0.3) is 0 Å². The van der Waals surface area contributed by atoms with E-state index in [-0.39, 0.29) is 11.2 Å². The number of rotatable bonds is 2. The van der Waals surface area contributed by atoms with Gasteiger partial charge in [-0.1, -0.05) is 32.9 Å². The van der Waals surface area contributed by atoms with Crippen molar-refractivity contribution >= 4 is 5.69 Å². The third-order valence-electron chi connectivity index (χ3n) is 4.68. The molecule has 1 aliphatic heterocycles. The van der Waals surface area contributed by atoms with E-state index in [0.29, 0.717) is 6.04 Å². The number of nitrogens with one attached hydrogen (secondary N) is 1. The van der Waals surface area contributed by atoms with Gasteiger partial charge >= 0.3 is 0 Å². The molecular weight excluding hydrogens is 262 g/mol. The molecule has 3 heteroatoms. The van der Waals surface area contributed by atoms with Crippen LogP contribution in [0.25, 0.3) is 0 Å². The zero-order valence-corrected chi connectivity index (χ0v) is 13.4. The number of hydrogen-bond donors (Lipinski definition) is 1. The Bertz CT molecular complexity index is 459. The lowest BCUT2D eigenvalue weighted by atomic mass is 9.87. The van der Waals surface area contributed by atoms with Crippen LogP contribution >= 0.6 is 0 Å². The van der Waals surface area contributed by atoms with Crippen LogP contribution in [-0.4, -0.2) is 25.0 Å². The first-order chi connectivity index (χ1) is 9.97. The first-order valence-electron chi connectivity index (χ1n) is 8.12. The van der Waals surface area contributed by atoms with E-state index in [9.17, 15) is 0 Å². The minimum atomic E-state index is -0.256. The third-order valence-corrected chi connectivity index (χ3v) is 4.68. The van der Waals surface area contributed by atoms with Crippen LogP contribution < -0.4 is 5.32 Å². The second-order valence-corrected chi connectivity index (χ2v) is 7.35. The molecule has 2 fully saturated rings. The summed E-state index contributed by atoms with van der Waals surface area (Å²) in [6, 6.07) is 9.40. The average Bonchev–Trinajstić information content (AvgIpc) is 2.90. The predicted octanol–water partition coefficient (Wildman–Crippen LogP) is 4.08. The van der Waals surface area contributed by atoms with Crippen molar-refractivity contribution in [2.24, 2.45) is 0 Å². The summed E-state index contributed by atoms with van der Waals surface area (Å²) < 4.78 is 11.6. The van der Waals surface area contributed by atoms with E-state index in [1.165, 1.54) is 11.3 Å². The monoisotopic (exact) mass is 289 g/mol. The van der Waals surface area contributed by atoms with E-state index in [2.05, 4.69) is 50.4 Å². The lowest BCUT2D eigenvalue weighted by molar-refractivity contribution is -0.177. The second kappa shape index (κ2) is 5.62. The van der Waals surface area contributed by atoms with Crippen LogP contribution in [0.2, 0.25) is 0 Å². The zero-order valence-electron chi connectivity index (χ0n) is 13.4. The second-order valence-electron chi connectivity index (χ2n) is 7.35. The molecule has 0 radical (unpaired) electrons. The van der Waals surface area contributed by atoms with Crippen molar-refractivity contribution < 1.29 is 9.47 Å². The van der Waals surface area contributed by atoms with Crippen LogP contribution in [0.4, 0.5) is 5.69 Å². The highest BCUT2D eigenvalue weighted by molar-refractivity contribution is 5.46. The van der Waals surface area contributed by atoms with Gasteiger partial charge in [0.2, 0.25) is 0 Å². The van der Waals surface area contributed by atoms with Crippen LogP contribution in [-0.2, 0) is 14.9 Å². The Kier molecular flexibility index (Phi) is 3.98. The van der Waals surface area contributed by atoms with Gasteiger partial charge in [-0.05, 0) is 36.0 Å². The minimum absolute atomic E-state index is 0.215. The molecule has 116 valence electrons. The van der Waals surface area contributed by atoms with Gasteiger partial charge in [-0.3, -0.25) is 0 Å². The lowest BCUT2D eigenvalue weighted by Crippen LogP contribution is -2.39. The molecule has 1 aromatic rings. The Morgan fingerprint density at radius 2 is 1.57 bits per heavy atom. The number of hydrogen-bond acceptors (Lipinski definition) is 3. The lowest BCUT2D eigenvalue weighted by Gasteiger charge is -2.36. The van der Waals surface area contributed by atoms with Gasteiger partial charge in [0.15, 0.2) is 5.79 Å². The molecule has 1 aliphatic carbocycles. The summed E-state index contributed by atoms with van der Waals surface area (Å²) in [5.74, 6) is -0.256. The van der Waals surface area contributed by atoms with Crippen molar-refractivity contribution in [3.8, 4) is 0 Å². The summed E-state index contributed by atoms with van der Waals surface area (Å²) in [6.45, 7) is 8.26. The van der Waals surface area contributed by atoms with Gasteiger partial charge in [-0.15, -0.1) is 0 Å². The van der Waals surface area contributed by atoms with Crippen LogP contribution in [0.5, 0.6) is 0 Å². The topological polar surface area (TPSA) is 30.5 Å². The van der Waals surface area contributed by atoms with Crippen molar-refractivity contribution in [1.82, 2.24) is 0 Å². The molecule has 3 nitrogen and oxygen atoms in total. The number of anilines is 1. The highest BCUT2D eigenvalue weighted by atomic mass is 16.7. The molecule has 0 bridgehead atoms. The Balaban J connectivity index is 1.55. The molecule has 1 aromatic carbocycles. The highest BCUT2D eigenvalue weighted by Gasteiger charge is 2.40. The summed E-state index contributed by atoms with van der Waals surface area (Å²) >= 11 is 0. The van der Waals surface area contributed by atoms with E-state index >= 15 is 0 Å². The standard InChI is InChI=1S/C18H27NO2/c1-17(2,3)14-4-6-15(7-5-14)19-16-8-10-18(11-9-16)20-12-13-21-18/h4-7,16,19H,8-13H2,1-3H3. The number of ether oxygens (including phenoxy) is 2. The smallest absolute Gasteiger partial charge is 0.168 e. The molecule has 21 heavy (non-hydrogen) atoms. The van der Waals surface area contributed by atoms with Gasteiger partial charge in [-0.2, -0.15) is 0 Å². The molecule has 0 amide bonds. The Labute approximate surface area is 128 Å². The van der Waals surface area contributed by atoms with Crippen LogP contribution in [0, 0.1) is 0 Å². The van der Waals surface area contributed by atoms with E-state index < -0.39 is 0 Å². The Hall–Kier alpha value is -1.06. The van der Waals surface area contributed by atoms with Crippen LogP contribution in [0.15, 0.2) is 24.3 Å². The maximum atomic E-state index is 5.78. The van der Waals surface area contributed by atoms with Crippen LogP contribution in [0.3, 0.4) is 0 Å². The van der Waals surface area contributed by atoms with E-state index in [1.807, 2.05) is 0 Å². The molecule has 1 heterocycles. The third kappa shape index (κ3) is 3.41. The quantitative estimate of drug-likeness (QED) is 0.890. The zero-order chi connectivity index (χ0) is 14.9. The van der Waals surface area contributed by atoms with Crippen molar-refractivity contribution in [1.29, 1.82) is 0 Å². The molecule has 1 spiro atoms. The van der Waals surface area contributed by atoms with Gasteiger partial charge in [0, 0.05) is 24.6 Å². The average molecular weight is 289 g/mol. The summed E-state index contributed by atoms with van der Waals surface area (Å²) in [5.41, 5.74) is 2.81. The van der Waals surface area contributed by atoms with Crippen molar-refractivity contribution in [2.75, 3.05) is 18.5 Å². The first-order valence-corrected chi connectivity index (χ1v) is 8.12. The fourth-order valence-electron chi connectivity index (χ4n) is 3.29. The SMILES string of the molecule is CC(C)(C)c1ccc(NC2CCC3(CC2)OCCO3)cc1. The van der Waals surface area contributed by atoms with Gasteiger partial charge in [-0.25, -0.2) is 0 Å². The van der Waals surface area contributed by atoms with Crippen molar-refractivity contribution in [3.05, 3.63) is 29.8 Å². The summed E-state index contributed by atoms with van der Waals surface area (Å²) in [4.78, 5) is 0. The summed E-state index contributed by atoms with van der Waals surface area (Å²) in [7, 11) is 0. The largest absolute Gasteiger partial charge is 0.382 e. The first kappa shape index (κ1) is 14.9. The molecule has 1 N–H and O–H groups in total. The minimum Gasteiger partial charge on any atom is -0.382 e. The highest BCUT2D eigenvalue weighted by Crippen LogP contribution is 2.36. The molecule has 0 aromatic heterocycles. The Morgan fingerprint density at radius 1 is 1.00 bits per heavy atom. The van der Waals surface area contributed by atoms with Crippen molar-refractivity contribution in [2.45, 2.75) is 63.7 Å². The van der Waals surface area contributed by atoms with E-state index in [1.54, 1.807) is 0 Å². The van der Waals surface area contributed by atoms with Gasteiger partial charge in [0.05, 0.1) is 13.2 Å². The van der Waals surface area contributed by atoms with Crippen molar-refractivity contribution in [3.63, 3.8) is 0 Å². The summed E-state index contributed by atoms with van der Waals surface area (Å²) in [6.07, 6.45) is 4.23. The predicted molar refractivity (Wildman–Crippen MR) is 85.7 cm³/mol. The molecular formula is C18H27NO2. The fraction of sp³-hybridized carbons (Fsp3) is 0.667. The molecule has 2 aliphatic rings. The Morgan fingerprint density at radius 3 is 2.10 bits per heavy atom. The van der Waals surface area contributed by atoms with Gasteiger partial charge < -0.3 is 14.8 Å². The molecule has 3 rings (SSSR count). The fourth-order valence-corrected chi connectivity index (χ4v) is 3.29. The number of benzene rings is 1. The molecule has 0 atom stereocenters. The van der Waals surface area contributed by atoms with Crippen LogP contribution in [0.1, 0.15) is 52.0 Å². The molecule has 0 unspecified atom stereocenters. The van der Waals surface area contributed by atoms with E-state index in [0.717, 1.165) is 38.9 Å². The normalized spacial score (nSPS) is 22.6. The maximum absolute atomic E-state index is 5.78.